The maximum absolute atomic E-state index is 13.8. The molecule has 3 rings (SSSR count). The van der Waals surface area contributed by atoms with Crippen LogP contribution in [0.25, 0.3) is 0 Å². The molecule has 0 aromatic heterocycles. The highest BCUT2D eigenvalue weighted by molar-refractivity contribution is 6.03. The van der Waals surface area contributed by atoms with Crippen LogP contribution in [0.4, 0.5) is 20.6 Å². The van der Waals surface area contributed by atoms with Gasteiger partial charge in [-0.15, -0.1) is 0 Å². The van der Waals surface area contributed by atoms with Crippen molar-refractivity contribution in [3.63, 3.8) is 0 Å². The van der Waals surface area contributed by atoms with Crippen LogP contribution >= 0.6 is 0 Å². The molecular weight excluding hydrogens is 243 g/mol. The van der Waals surface area contributed by atoms with Crippen LogP contribution in [0.15, 0.2) is 48.5 Å². The highest BCUT2D eigenvalue weighted by atomic mass is 19.1. The van der Waals surface area contributed by atoms with Crippen molar-refractivity contribution in [2.24, 2.45) is 0 Å². The Bertz CT molecular complexity index is 613. The quantitative estimate of drug-likeness (QED) is 0.833. The molecule has 3 nitrogen and oxygen atoms in total. The van der Waals surface area contributed by atoms with E-state index in [9.17, 15) is 9.18 Å². The van der Waals surface area contributed by atoms with Crippen LogP contribution in [0, 0.1) is 5.82 Å². The Kier molecular flexibility index (Phi) is 2.91. The molecule has 1 heterocycles. The highest BCUT2D eigenvalue weighted by Gasteiger charge is 2.27. The summed E-state index contributed by atoms with van der Waals surface area (Å²) in [5.41, 5.74) is 1.98. The number of halogens is 1. The zero-order chi connectivity index (χ0) is 13.2. The normalized spacial score (nSPS) is 13.2. The second-order valence-corrected chi connectivity index (χ2v) is 4.45. The Morgan fingerprint density at radius 3 is 2.68 bits per heavy atom. The van der Waals surface area contributed by atoms with Gasteiger partial charge in [-0.05, 0) is 30.2 Å². The largest absolute Gasteiger partial charge is 0.326 e. The second-order valence-electron chi connectivity index (χ2n) is 4.45. The molecule has 2 aromatic carbocycles. The van der Waals surface area contributed by atoms with Gasteiger partial charge in [0.1, 0.15) is 5.82 Å². The van der Waals surface area contributed by atoms with Crippen LogP contribution in [0.2, 0.25) is 0 Å². The van der Waals surface area contributed by atoms with Gasteiger partial charge >= 0.3 is 6.03 Å². The molecule has 0 spiro atoms. The van der Waals surface area contributed by atoms with E-state index in [2.05, 4.69) is 5.32 Å². The minimum absolute atomic E-state index is 0.296. The van der Waals surface area contributed by atoms with Gasteiger partial charge in [0.2, 0.25) is 0 Å². The summed E-state index contributed by atoms with van der Waals surface area (Å²) in [5.74, 6) is -0.349. The molecule has 0 unspecified atom stereocenters. The summed E-state index contributed by atoms with van der Waals surface area (Å²) in [7, 11) is 0. The molecule has 96 valence electrons. The number of rotatable bonds is 1. The first-order valence-electron chi connectivity index (χ1n) is 6.16. The van der Waals surface area contributed by atoms with Crippen molar-refractivity contribution < 1.29 is 9.18 Å². The Hall–Kier alpha value is -2.36. The number of carbonyl (C=O) groups is 1. The molecule has 0 fully saturated rings. The number of para-hydroxylation sites is 2. The van der Waals surface area contributed by atoms with E-state index in [1.54, 1.807) is 18.2 Å². The summed E-state index contributed by atoms with van der Waals surface area (Å²) in [6.45, 7) is 0.509. The minimum atomic E-state index is -0.349. The number of fused-ring (bicyclic) bond motifs is 1. The molecule has 0 aliphatic carbocycles. The third kappa shape index (κ3) is 2.17. The minimum Gasteiger partial charge on any atom is -0.308 e. The first kappa shape index (κ1) is 11.7. The number of amides is 2. The number of nitrogens with one attached hydrogen (secondary N) is 1. The number of hydrogen-bond acceptors (Lipinski definition) is 1. The number of anilines is 2. The Morgan fingerprint density at radius 1 is 1.11 bits per heavy atom. The molecule has 0 radical (unpaired) electrons. The average molecular weight is 256 g/mol. The van der Waals surface area contributed by atoms with Gasteiger partial charge in [0, 0.05) is 12.2 Å². The van der Waals surface area contributed by atoms with Gasteiger partial charge < -0.3 is 5.32 Å². The monoisotopic (exact) mass is 256 g/mol. The van der Waals surface area contributed by atoms with Crippen molar-refractivity contribution in [1.29, 1.82) is 0 Å². The van der Waals surface area contributed by atoms with E-state index in [1.165, 1.54) is 11.0 Å². The Labute approximate surface area is 110 Å². The number of nitrogens with zero attached hydrogens (tertiary/aromatic N) is 1. The summed E-state index contributed by atoms with van der Waals surface area (Å²) in [6.07, 6.45) is 0.690. The average Bonchev–Trinajstić information content (AvgIpc) is 2.85. The van der Waals surface area contributed by atoms with E-state index < -0.39 is 0 Å². The summed E-state index contributed by atoms with van der Waals surface area (Å²) in [6, 6.07) is 13.8. The van der Waals surface area contributed by atoms with Crippen LogP contribution in [-0.2, 0) is 6.42 Å². The molecule has 2 amide bonds. The van der Waals surface area contributed by atoms with Gasteiger partial charge in [-0.25, -0.2) is 9.18 Å². The second kappa shape index (κ2) is 4.72. The predicted molar refractivity (Wildman–Crippen MR) is 72.9 cm³/mol. The Balaban J connectivity index is 1.84. The van der Waals surface area contributed by atoms with Crippen LogP contribution in [0.5, 0.6) is 0 Å². The zero-order valence-corrected chi connectivity index (χ0v) is 10.3. The number of benzene rings is 2. The fraction of sp³-hybridized carbons (Fsp3) is 0.133. The van der Waals surface area contributed by atoms with Crippen LogP contribution in [0.3, 0.4) is 0 Å². The van der Waals surface area contributed by atoms with Gasteiger partial charge in [0.15, 0.2) is 0 Å². The molecule has 0 bridgehead atoms. The predicted octanol–water partition coefficient (Wildman–Crippen LogP) is 3.42. The van der Waals surface area contributed by atoms with Crippen molar-refractivity contribution in [3.8, 4) is 0 Å². The number of urea groups is 1. The fourth-order valence-electron chi connectivity index (χ4n) is 2.32. The summed E-state index contributed by atoms with van der Waals surface area (Å²) >= 11 is 0. The van der Waals surface area contributed by atoms with E-state index in [4.69, 9.17) is 0 Å². The smallest absolute Gasteiger partial charge is 0.308 e. The van der Waals surface area contributed by atoms with Gasteiger partial charge in [0.25, 0.3) is 0 Å². The maximum atomic E-state index is 13.8. The lowest BCUT2D eigenvalue weighted by Gasteiger charge is -2.18. The van der Waals surface area contributed by atoms with E-state index in [0.29, 0.717) is 24.3 Å². The first-order chi connectivity index (χ1) is 9.25. The molecular formula is C15H13FN2O. The molecule has 0 saturated heterocycles. The zero-order valence-electron chi connectivity index (χ0n) is 10.3. The third-order valence-electron chi connectivity index (χ3n) is 3.22. The molecule has 2 aromatic rings. The van der Waals surface area contributed by atoms with E-state index in [0.717, 1.165) is 5.56 Å². The lowest BCUT2D eigenvalue weighted by Crippen LogP contribution is -2.33. The van der Waals surface area contributed by atoms with Crippen molar-refractivity contribution >= 4 is 17.4 Å². The fourth-order valence-corrected chi connectivity index (χ4v) is 2.32. The van der Waals surface area contributed by atoms with Crippen molar-refractivity contribution in [3.05, 3.63) is 59.9 Å². The topological polar surface area (TPSA) is 32.3 Å². The Morgan fingerprint density at radius 2 is 1.89 bits per heavy atom. The van der Waals surface area contributed by atoms with E-state index in [1.807, 2.05) is 24.3 Å². The molecule has 0 atom stereocenters. The van der Waals surface area contributed by atoms with E-state index in [-0.39, 0.29) is 11.8 Å². The molecule has 19 heavy (non-hydrogen) atoms. The van der Waals surface area contributed by atoms with Gasteiger partial charge in [-0.2, -0.15) is 0 Å². The summed E-state index contributed by atoms with van der Waals surface area (Å²) in [4.78, 5) is 13.6. The van der Waals surface area contributed by atoms with Gasteiger partial charge in [0.05, 0.1) is 5.69 Å². The maximum Gasteiger partial charge on any atom is 0.326 e. The van der Waals surface area contributed by atoms with Crippen LogP contribution in [0.1, 0.15) is 5.56 Å². The van der Waals surface area contributed by atoms with Gasteiger partial charge in [-0.1, -0.05) is 30.3 Å². The van der Waals surface area contributed by atoms with E-state index >= 15 is 0 Å². The van der Waals surface area contributed by atoms with Crippen LogP contribution in [-0.4, -0.2) is 12.6 Å². The SMILES string of the molecule is O=C(Nc1ccccc1)N1CCc2cccc(F)c21. The lowest BCUT2D eigenvalue weighted by molar-refractivity contribution is 0.257. The molecule has 4 heteroatoms. The highest BCUT2D eigenvalue weighted by Crippen LogP contribution is 2.31. The molecule has 1 N–H and O–H groups in total. The first-order valence-corrected chi connectivity index (χ1v) is 6.16. The van der Waals surface area contributed by atoms with Crippen molar-refractivity contribution in [2.45, 2.75) is 6.42 Å². The summed E-state index contributed by atoms with van der Waals surface area (Å²) in [5, 5.41) is 2.77. The van der Waals surface area contributed by atoms with Gasteiger partial charge in [-0.3, -0.25) is 4.90 Å². The molecule has 0 saturated carbocycles. The number of carbonyl (C=O) groups excluding carboxylic acids is 1. The lowest BCUT2D eigenvalue weighted by atomic mass is 10.2. The molecule has 1 aliphatic rings. The third-order valence-corrected chi connectivity index (χ3v) is 3.22. The standard InChI is InChI=1S/C15H13FN2O/c16-13-8-4-5-11-9-10-18(14(11)13)15(19)17-12-6-2-1-3-7-12/h1-8H,9-10H2,(H,17,19). The van der Waals surface area contributed by atoms with Crippen molar-refractivity contribution in [2.75, 3.05) is 16.8 Å². The van der Waals surface area contributed by atoms with Crippen LogP contribution < -0.4 is 10.2 Å². The number of hydrogen-bond donors (Lipinski definition) is 1. The summed E-state index contributed by atoms with van der Waals surface area (Å²) < 4.78 is 13.8. The molecule has 1 aliphatic heterocycles. The van der Waals surface area contributed by atoms with Crippen molar-refractivity contribution in [1.82, 2.24) is 0 Å².